The number of unbranched alkanes of at least 4 members (excludes halogenated alkanes) is 1. The van der Waals surface area contributed by atoms with Crippen molar-refractivity contribution < 1.29 is 205 Å². The summed E-state index contributed by atoms with van der Waals surface area (Å²) in [6, 6.07) is 0.900. The van der Waals surface area contributed by atoms with E-state index in [4.69, 9.17) is 86.6 Å². The first-order valence-corrected chi connectivity index (χ1v) is 47.5. The van der Waals surface area contributed by atoms with Gasteiger partial charge in [0.2, 0.25) is 0 Å². The van der Waals surface area contributed by atoms with Crippen LogP contribution < -0.4 is 0 Å². The molecule has 0 fully saturated rings. The SMILES string of the molecule is CC(C)(COCC(C)(CO)CCCCC(F)(F)F)COCC(C)(CO)COCCC(F)(F)F.CC(CO)(CO)COCC(F)(F)F.CC(CO)(CO)COCCC(F)(F)F.CC(CO)(COCCOCC(C)(CO)COCCC(F)(F)F)COCCC(F)(F)F.C[Si](C)(C)O[Si](C)(CCCOCC(O)CO)O[Si](C)(C)C.OCCC(F)(F)CO. The Morgan fingerprint density at radius 3 is 0.790 bits per heavy atom. The van der Waals surface area contributed by atoms with Gasteiger partial charge >= 0.3 is 45.6 Å². The van der Waals surface area contributed by atoms with Gasteiger partial charge in [-0.1, -0.05) is 61.8 Å². The van der Waals surface area contributed by atoms with Gasteiger partial charge in [0.1, 0.15) is 19.3 Å². The van der Waals surface area contributed by atoms with Crippen molar-refractivity contribution in [3.63, 3.8) is 0 Å². The van der Waals surface area contributed by atoms with Gasteiger partial charge in [0.05, 0.1) is 204 Å². The van der Waals surface area contributed by atoms with Crippen LogP contribution in [0.3, 0.4) is 0 Å². The minimum atomic E-state index is -4.37. The van der Waals surface area contributed by atoms with E-state index in [1.165, 1.54) is 13.8 Å². The molecule has 0 saturated carbocycles. The van der Waals surface area contributed by atoms with Crippen LogP contribution in [0.5, 0.6) is 0 Å². The van der Waals surface area contributed by atoms with Crippen LogP contribution in [-0.4, -0.2) is 340 Å². The van der Waals surface area contributed by atoms with Crippen LogP contribution in [-0.2, 0) is 55.6 Å². The average Bonchev–Trinajstić information content (AvgIpc) is 0.844. The molecule has 0 radical (unpaired) electrons. The Morgan fingerprint density at radius 1 is 0.261 bits per heavy atom. The van der Waals surface area contributed by atoms with Crippen LogP contribution >= 0.6 is 0 Å². The van der Waals surface area contributed by atoms with Gasteiger partial charge < -0.3 is 117 Å². The third-order valence-electron chi connectivity index (χ3n) is 15.5. The van der Waals surface area contributed by atoms with Crippen molar-refractivity contribution >= 4 is 25.2 Å². The van der Waals surface area contributed by atoms with Gasteiger partial charge in [0, 0.05) is 64.0 Å². The van der Waals surface area contributed by atoms with E-state index < -0.39 is 210 Å². The number of aliphatic hydroxyl groups is 12. The predicted octanol–water partition coefficient (Wildman–Crippen LogP) is 12.1. The number of halogens is 20. The molecule has 0 rings (SSSR count). The van der Waals surface area contributed by atoms with Gasteiger partial charge in [-0.2, -0.15) is 79.0 Å². The molecule has 24 nitrogen and oxygen atoms in total. The lowest BCUT2D eigenvalue weighted by atomic mass is 9.86. The molecule has 0 bridgehead atoms. The van der Waals surface area contributed by atoms with Crippen LogP contribution in [0.25, 0.3) is 0 Å². The lowest BCUT2D eigenvalue weighted by Crippen LogP contribution is -2.52. The molecular formula is C72H142F20O24Si3. The molecule has 0 heterocycles. The minimum Gasteiger partial charge on any atom is -0.437 e. The fourth-order valence-corrected chi connectivity index (χ4v) is 21.1. The highest BCUT2D eigenvalue weighted by molar-refractivity contribution is 6.87. The van der Waals surface area contributed by atoms with Gasteiger partial charge in [0.25, 0.3) is 5.92 Å². The van der Waals surface area contributed by atoms with Crippen LogP contribution in [0, 0.1) is 37.9 Å². The molecule has 0 aliphatic heterocycles. The van der Waals surface area contributed by atoms with Gasteiger partial charge in [-0.15, -0.1) is 0 Å². The van der Waals surface area contributed by atoms with E-state index in [1.54, 1.807) is 27.7 Å². The van der Waals surface area contributed by atoms with Crippen molar-refractivity contribution in [2.24, 2.45) is 37.9 Å². The molecular weight excluding hydrogens is 1710 g/mol. The summed E-state index contributed by atoms with van der Waals surface area (Å²) in [6.45, 7) is 21.6. The molecule has 0 aliphatic carbocycles. The van der Waals surface area contributed by atoms with Crippen molar-refractivity contribution in [3.05, 3.63) is 0 Å². The molecule has 47 heteroatoms. The predicted molar refractivity (Wildman–Crippen MR) is 407 cm³/mol. The highest BCUT2D eigenvalue weighted by Gasteiger charge is 2.41. The van der Waals surface area contributed by atoms with Gasteiger partial charge in [0.15, 0.2) is 16.6 Å². The zero-order chi connectivity index (χ0) is 94.3. The summed E-state index contributed by atoms with van der Waals surface area (Å²) in [4.78, 5) is 0. The second-order valence-corrected chi connectivity index (χ2v) is 46.9. The van der Waals surface area contributed by atoms with Crippen LogP contribution in [0.15, 0.2) is 0 Å². The fourth-order valence-electron chi connectivity index (χ4n) is 8.57. The van der Waals surface area contributed by atoms with Gasteiger partial charge in [-0.3, -0.25) is 0 Å². The van der Waals surface area contributed by atoms with Crippen molar-refractivity contribution in [1.82, 2.24) is 0 Å². The highest BCUT2D eigenvalue weighted by atomic mass is 28.5. The van der Waals surface area contributed by atoms with Gasteiger partial charge in [-0.05, 0) is 71.1 Å². The summed E-state index contributed by atoms with van der Waals surface area (Å²) in [7, 11) is -5.45. The summed E-state index contributed by atoms with van der Waals surface area (Å²) >= 11 is 0. The maximum absolute atomic E-state index is 12.3. The number of hydrogen-bond acceptors (Lipinski definition) is 24. The van der Waals surface area contributed by atoms with E-state index in [2.05, 4.69) is 50.6 Å². The summed E-state index contributed by atoms with van der Waals surface area (Å²) in [5, 5.41) is 107. The maximum Gasteiger partial charge on any atom is 0.411 e. The Bertz CT molecular complexity index is 2300. The Balaban J connectivity index is -0.000000340. The Morgan fingerprint density at radius 2 is 0.529 bits per heavy atom. The zero-order valence-electron chi connectivity index (χ0n) is 71.6. The Hall–Kier alpha value is -1.71. The Labute approximate surface area is 691 Å². The largest absolute Gasteiger partial charge is 0.437 e. The molecule has 119 heavy (non-hydrogen) atoms. The highest BCUT2D eigenvalue weighted by Crippen LogP contribution is 2.32. The third-order valence-corrected chi connectivity index (χ3v) is 25.2. The summed E-state index contributed by atoms with van der Waals surface area (Å²) < 4.78 is 303. The molecule has 0 aliphatic rings. The zero-order valence-corrected chi connectivity index (χ0v) is 74.6. The van der Waals surface area contributed by atoms with Crippen molar-refractivity contribution in [2.75, 3.05) is 205 Å². The lowest BCUT2D eigenvalue weighted by molar-refractivity contribution is -0.183. The first-order chi connectivity index (χ1) is 53.8. The standard InChI is InChI=1S/C22H40F6O5.C18H32F6O6.C13H34O5Si3.C8H15F3O3.C7H13F3O3.C4H8F2O2/c1-18(2,13-32-15-19(3,11-29)7-5-6-8-21(23,24)25)14-33-17-20(4,12-30)16-31-10-9-22(26,27)28;1-15(9-25,11-27-5-3-17(19,20)21)13-29-7-8-30-14-16(2,10-26)12-28-6-4-18(22,23)24;1-19(2,3)17-21(7,18-20(4,5)6)10-8-9-16-12-13(15)11-14;1-7(4-12,5-13)6-14-3-2-8(9,10)11;1-6(2-11,3-12)4-13-5-7(8,9)10;5-4(6,3-8)1-2-7/h29-30H,5-17H2,1-4H3;25-26H,3-14H2,1-2H3;13-15H,8-12H2,1-7H3;12-13H,2-6H2,1H3;11-12H,2-5H2,1H3;7-8H,1-3H2. The van der Waals surface area contributed by atoms with E-state index in [0.717, 1.165) is 12.5 Å². The number of rotatable bonds is 60. The second-order valence-electron chi connectivity index (χ2n) is 34.1. The maximum atomic E-state index is 12.3. The number of aliphatic hydroxyl groups excluding tert-OH is 12. The smallest absolute Gasteiger partial charge is 0.411 e. The lowest BCUT2D eigenvalue weighted by Gasteiger charge is -2.38. The molecule has 5 unspecified atom stereocenters. The quantitative estimate of drug-likeness (QED) is 0.0153. The molecule has 726 valence electrons. The number of ether oxygens (including phenoxy) is 10. The molecule has 0 aromatic carbocycles. The summed E-state index contributed by atoms with van der Waals surface area (Å²) in [6.07, 6.45) is -30.6. The summed E-state index contributed by atoms with van der Waals surface area (Å²) in [5.74, 6) is -3.10. The number of alkyl halides is 20. The average molecular weight is 1860 g/mol. The molecule has 5 atom stereocenters. The molecule has 0 spiro atoms. The van der Waals surface area contributed by atoms with Gasteiger partial charge in [-0.25, -0.2) is 8.78 Å². The molecule has 0 amide bonds. The normalized spacial score (nSPS) is 15.6. The Kier molecular flexibility index (Phi) is 67.2. The molecule has 0 aromatic heterocycles. The van der Waals surface area contributed by atoms with E-state index in [0.29, 0.717) is 19.4 Å². The van der Waals surface area contributed by atoms with E-state index in [1.807, 2.05) is 13.8 Å². The number of hydrogen-bond donors (Lipinski definition) is 12. The van der Waals surface area contributed by atoms with Crippen LogP contribution in [0.4, 0.5) is 87.8 Å². The van der Waals surface area contributed by atoms with Crippen molar-refractivity contribution in [1.29, 1.82) is 0 Å². The fraction of sp³-hybridized carbons (Fsp3) is 1.00. The van der Waals surface area contributed by atoms with E-state index >= 15 is 0 Å². The topological polar surface area (TPSA) is 354 Å². The molecule has 12 N–H and O–H groups in total. The first kappa shape index (κ1) is 128. The van der Waals surface area contributed by atoms with Crippen molar-refractivity contribution in [2.45, 2.75) is 221 Å². The minimum absolute atomic E-state index is 0.00195. The first-order valence-electron chi connectivity index (χ1n) is 38.2. The monoisotopic (exact) mass is 1850 g/mol. The van der Waals surface area contributed by atoms with Crippen LogP contribution in [0.2, 0.25) is 51.9 Å². The van der Waals surface area contributed by atoms with Crippen molar-refractivity contribution in [3.8, 4) is 0 Å². The second kappa shape index (κ2) is 62.5. The third kappa shape index (κ3) is 86.8. The van der Waals surface area contributed by atoms with E-state index in [9.17, 15) is 113 Å². The molecule has 0 aromatic rings. The summed E-state index contributed by atoms with van der Waals surface area (Å²) in [5.41, 5.74) is -5.58. The van der Waals surface area contributed by atoms with Crippen LogP contribution in [0.1, 0.15) is 120 Å². The van der Waals surface area contributed by atoms with E-state index in [-0.39, 0.29) is 145 Å². The molecule has 0 saturated heterocycles.